The van der Waals surface area contributed by atoms with Gasteiger partial charge in [0.25, 0.3) is 0 Å². The summed E-state index contributed by atoms with van der Waals surface area (Å²) < 4.78 is 26.9. The molecule has 1 aliphatic heterocycles. The van der Waals surface area contributed by atoms with Crippen molar-refractivity contribution in [3.8, 4) is 0 Å². The quantitative estimate of drug-likeness (QED) is 0.331. The Hall–Kier alpha value is -1.13. The lowest BCUT2D eigenvalue weighted by molar-refractivity contribution is 0.316. The number of hydrogen-bond acceptors (Lipinski definition) is 3. The molecule has 2 aliphatic rings. The zero-order valence-electron chi connectivity index (χ0n) is 16.4. The van der Waals surface area contributed by atoms with E-state index < -0.39 is 10.0 Å². The number of aliphatic imine (C=N–C) groups is 1. The largest absolute Gasteiger partial charge is 0.355 e. The number of sulfonamides is 1. The highest BCUT2D eigenvalue weighted by molar-refractivity contribution is 14.0. The molecule has 0 radical (unpaired) electrons. The molecule has 1 fully saturated rings. The van der Waals surface area contributed by atoms with Gasteiger partial charge in [0.15, 0.2) is 5.96 Å². The van der Waals surface area contributed by atoms with E-state index in [0.717, 1.165) is 38.3 Å². The Bertz CT molecular complexity index is 777. The second-order valence-electron chi connectivity index (χ2n) is 7.23. The lowest BCUT2D eigenvalue weighted by Crippen LogP contribution is -2.45. The van der Waals surface area contributed by atoms with E-state index in [9.17, 15) is 8.42 Å². The molecule has 0 bridgehead atoms. The fourth-order valence-corrected chi connectivity index (χ4v) is 4.42. The zero-order chi connectivity index (χ0) is 19.1. The summed E-state index contributed by atoms with van der Waals surface area (Å²) >= 11 is 0. The van der Waals surface area contributed by atoms with E-state index in [4.69, 9.17) is 0 Å². The summed E-state index contributed by atoms with van der Waals surface area (Å²) in [5, 5.41) is 3.19. The number of halogens is 1. The first-order chi connectivity index (χ1) is 13.1. The summed E-state index contributed by atoms with van der Waals surface area (Å²) in [4.78, 5) is 6.47. The van der Waals surface area contributed by atoms with Gasteiger partial charge >= 0.3 is 0 Å². The molecule has 3 rings (SSSR count). The summed E-state index contributed by atoms with van der Waals surface area (Å²) in [6.45, 7) is 2.58. The Morgan fingerprint density at radius 2 is 2.00 bits per heavy atom. The smallest absolute Gasteiger partial charge is 0.213 e. The van der Waals surface area contributed by atoms with Gasteiger partial charge in [0.1, 0.15) is 0 Å². The number of benzene rings is 1. The van der Waals surface area contributed by atoms with Crippen molar-refractivity contribution in [2.75, 3.05) is 39.0 Å². The monoisotopic (exact) mass is 518 g/mol. The van der Waals surface area contributed by atoms with Gasteiger partial charge in [0.2, 0.25) is 10.0 Å². The van der Waals surface area contributed by atoms with Crippen LogP contribution in [-0.2, 0) is 10.0 Å². The Balaban J connectivity index is 0.00000280. The highest BCUT2D eigenvalue weighted by atomic mass is 127. The summed E-state index contributed by atoms with van der Waals surface area (Å²) in [5.74, 6) is 1.35. The van der Waals surface area contributed by atoms with Crippen LogP contribution in [0.25, 0.3) is 5.57 Å². The molecular weight excluding hydrogens is 487 g/mol. The summed E-state index contributed by atoms with van der Waals surface area (Å²) in [5.41, 5.74) is 2.62. The average Bonchev–Trinajstić information content (AvgIpc) is 2.65. The summed E-state index contributed by atoms with van der Waals surface area (Å²) in [6, 6.07) is 10.4. The minimum absolute atomic E-state index is 0. The molecule has 1 heterocycles. The van der Waals surface area contributed by atoms with Gasteiger partial charge in [-0.15, -0.1) is 24.0 Å². The number of nitrogens with one attached hydrogen (secondary N) is 2. The van der Waals surface area contributed by atoms with E-state index in [-0.39, 0.29) is 29.7 Å². The molecule has 2 N–H and O–H groups in total. The molecule has 156 valence electrons. The predicted octanol–water partition coefficient (Wildman–Crippen LogP) is 2.69. The van der Waals surface area contributed by atoms with Crippen molar-refractivity contribution in [1.29, 1.82) is 0 Å². The van der Waals surface area contributed by atoms with Crippen molar-refractivity contribution in [3.63, 3.8) is 0 Å². The van der Waals surface area contributed by atoms with Crippen LogP contribution >= 0.6 is 24.0 Å². The van der Waals surface area contributed by atoms with Crippen molar-refractivity contribution in [2.45, 2.75) is 25.7 Å². The Morgan fingerprint density at radius 3 is 2.57 bits per heavy atom. The van der Waals surface area contributed by atoms with Gasteiger partial charge in [-0.05, 0) is 36.3 Å². The van der Waals surface area contributed by atoms with Crippen molar-refractivity contribution in [3.05, 3.63) is 42.0 Å². The van der Waals surface area contributed by atoms with Gasteiger partial charge in [-0.25, -0.2) is 13.1 Å². The zero-order valence-corrected chi connectivity index (χ0v) is 19.6. The molecule has 0 spiro atoms. The molecule has 0 amide bonds. The lowest BCUT2D eigenvalue weighted by atomic mass is 9.86. The maximum atomic E-state index is 12.1. The van der Waals surface area contributed by atoms with Gasteiger partial charge in [-0.3, -0.25) is 4.99 Å². The molecular formula is C20H31IN4O2S. The number of rotatable bonds is 7. The van der Waals surface area contributed by atoms with Gasteiger partial charge in [-0.1, -0.05) is 42.8 Å². The van der Waals surface area contributed by atoms with Crippen LogP contribution < -0.4 is 10.0 Å². The van der Waals surface area contributed by atoms with Crippen LogP contribution in [0.2, 0.25) is 0 Å². The Kier molecular flexibility index (Phi) is 9.23. The molecule has 8 heteroatoms. The fourth-order valence-electron chi connectivity index (χ4n) is 3.42. The van der Waals surface area contributed by atoms with Crippen LogP contribution in [0, 0.1) is 5.92 Å². The SMILES string of the molecule is CN=C(NCCS(=O)(=O)NCC1CCC1)N1CC=C(c2ccccc2)CC1.I. The third kappa shape index (κ3) is 6.73. The van der Waals surface area contributed by atoms with E-state index in [0.29, 0.717) is 19.0 Å². The third-order valence-corrected chi connectivity index (χ3v) is 6.68. The molecule has 6 nitrogen and oxygen atoms in total. The van der Waals surface area contributed by atoms with Gasteiger partial charge in [-0.2, -0.15) is 0 Å². The van der Waals surface area contributed by atoms with E-state index in [2.05, 4.69) is 50.3 Å². The molecule has 1 aromatic carbocycles. The van der Waals surface area contributed by atoms with Gasteiger partial charge in [0.05, 0.1) is 5.75 Å². The van der Waals surface area contributed by atoms with E-state index in [1.807, 2.05) is 6.07 Å². The van der Waals surface area contributed by atoms with Crippen molar-refractivity contribution in [1.82, 2.24) is 14.9 Å². The van der Waals surface area contributed by atoms with E-state index in [1.165, 1.54) is 17.6 Å². The number of hydrogen-bond donors (Lipinski definition) is 2. The molecule has 0 saturated heterocycles. The van der Waals surface area contributed by atoms with Crippen LogP contribution in [0.5, 0.6) is 0 Å². The highest BCUT2D eigenvalue weighted by Crippen LogP contribution is 2.25. The van der Waals surface area contributed by atoms with Crippen molar-refractivity contribution in [2.24, 2.45) is 10.9 Å². The molecule has 28 heavy (non-hydrogen) atoms. The van der Waals surface area contributed by atoms with E-state index in [1.54, 1.807) is 7.05 Å². The predicted molar refractivity (Wildman–Crippen MR) is 127 cm³/mol. The topological polar surface area (TPSA) is 73.8 Å². The minimum Gasteiger partial charge on any atom is -0.355 e. The standard InChI is InChI=1S/C20H30N4O2S.HI/c1-21-20(22-12-15-27(25,26)23-16-17-6-5-7-17)24-13-10-19(11-14-24)18-8-3-2-4-9-18;/h2-4,8-10,17,23H,5-7,11-16H2,1H3,(H,21,22);1H. The maximum absolute atomic E-state index is 12.1. The van der Waals surface area contributed by atoms with Gasteiger partial charge in [0, 0.05) is 33.2 Å². The Labute approximate surface area is 185 Å². The number of nitrogens with zero attached hydrogens (tertiary/aromatic N) is 2. The fraction of sp³-hybridized carbons (Fsp3) is 0.550. The molecule has 1 aromatic rings. The van der Waals surface area contributed by atoms with Crippen LogP contribution in [0.3, 0.4) is 0 Å². The molecule has 0 aromatic heterocycles. The van der Waals surface area contributed by atoms with Crippen LogP contribution in [0.1, 0.15) is 31.2 Å². The first-order valence-corrected chi connectivity index (χ1v) is 11.4. The van der Waals surface area contributed by atoms with Crippen LogP contribution in [0.4, 0.5) is 0 Å². The molecule has 1 aliphatic carbocycles. The van der Waals surface area contributed by atoms with Crippen LogP contribution in [0.15, 0.2) is 41.4 Å². The number of guanidine groups is 1. The Morgan fingerprint density at radius 1 is 1.25 bits per heavy atom. The molecule has 0 atom stereocenters. The lowest BCUT2D eigenvalue weighted by Gasteiger charge is -2.30. The maximum Gasteiger partial charge on any atom is 0.213 e. The normalized spacial score (nSPS) is 18.1. The first kappa shape index (κ1) is 23.2. The molecule has 1 saturated carbocycles. The van der Waals surface area contributed by atoms with Gasteiger partial charge < -0.3 is 10.2 Å². The van der Waals surface area contributed by atoms with Crippen molar-refractivity contribution < 1.29 is 8.42 Å². The third-order valence-electron chi connectivity index (χ3n) is 5.34. The summed E-state index contributed by atoms with van der Waals surface area (Å²) in [6.07, 6.45) is 6.68. The first-order valence-electron chi connectivity index (χ1n) is 9.75. The summed E-state index contributed by atoms with van der Waals surface area (Å²) in [7, 11) is -1.49. The highest BCUT2D eigenvalue weighted by Gasteiger charge is 2.21. The minimum atomic E-state index is -3.23. The average molecular weight is 518 g/mol. The molecule has 0 unspecified atom stereocenters. The van der Waals surface area contributed by atoms with Crippen molar-refractivity contribution >= 4 is 45.5 Å². The van der Waals surface area contributed by atoms with Crippen LogP contribution in [-0.4, -0.2) is 58.3 Å². The second kappa shape index (κ2) is 11.2. The second-order valence-corrected chi connectivity index (χ2v) is 9.16. The van der Waals surface area contributed by atoms with E-state index >= 15 is 0 Å².